The van der Waals surface area contributed by atoms with Crippen LogP contribution in [0.1, 0.15) is 55.5 Å². The Morgan fingerprint density at radius 1 is 1.17 bits per heavy atom. The summed E-state index contributed by atoms with van der Waals surface area (Å²) in [6.45, 7) is 0. The molecule has 1 aromatic carbocycles. The molecule has 0 radical (unpaired) electrons. The van der Waals surface area contributed by atoms with E-state index in [0.29, 0.717) is 12.8 Å². The first-order valence-electron chi connectivity index (χ1n) is 12.6. The summed E-state index contributed by atoms with van der Waals surface area (Å²) in [5, 5.41) is 26.2. The van der Waals surface area contributed by atoms with E-state index in [1.54, 1.807) is 16.8 Å². The second-order valence-corrected chi connectivity index (χ2v) is 10.4. The molecule has 2 aliphatic rings. The van der Waals surface area contributed by atoms with Gasteiger partial charge in [0.2, 0.25) is 0 Å². The molecule has 1 fully saturated rings. The number of hydrogen-bond donors (Lipinski definition) is 1. The highest BCUT2D eigenvalue weighted by atomic mass is 19.1. The van der Waals surface area contributed by atoms with Crippen LogP contribution < -0.4 is 0 Å². The van der Waals surface area contributed by atoms with Gasteiger partial charge in [-0.2, -0.15) is 10.4 Å². The van der Waals surface area contributed by atoms with Crippen molar-refractivity contribution < 1.29 is 9.50 Å². The molecular formula is C29H28FN5O. The number of hydrogen-bond acceptors (Lipinski definition) is 5. The second kappa shape index (κ2) is 8.79. The molecule has 6 nitrogen and oxygen atoms in total. The average Bonchev–Trinajstić information content (AvgIpc) is 3.23. The smallest absolute Gasteiger partial charge is 0.163 e. The third-order valence-corrected chi connectivity index (χ3v) is 8.27. The number of nitriles is 1. The summed E-state index contributed by atoms with van der Waals surface area (Å²) in [5.74, 6) is -0.0625. The molecule has 0 spiro atoms. The SMILES string of the molecule is N#CC[C@@]1(O)CC[C@@]2(Cc3ccccn3)c3cc4cnn(-c5ccc(F)cc5)c4nc3CCC[C@H]2C1. The summed E-state index contributed by atoms with van der Waals surface area (Å²) < 4.78 is 15.3. The highest BCUT2D eigenvalue weighted by Crippen LogP contribution is 2.54. The number of fused-ring (bicyclic) bond motifs is 4. The molecule has 7 heteroatoms. The molecule has 0 aliphatic heterocycles. The van der Waals surface area contributed by atoms with Crippen LogP contribution in [0.4, 0.5) is 4.39 Å². The molecule has 182 valence electrons. The Morgan fingerprint density at radius 3 is 2.81 bits per heavy atom. The van der Waals surface area contributed by atoms with Crippen LogP contribution in [0.15, 0.2) is 60.9 Å². The largest absolute Gasteiger partial charge is 0.389 e. The van der Waals surface area contributed by atoms with Crippen LogP contribution in [0.3, 0.4) is 0 Å². The molecule has 0 saturated heterocycles. The Balaban J connectivity index is 1.50. The minimum Gasteiger partial charge on any atom is -0.389 e. The summed E-state index contributed by atoms with van der Waals surface area (Å²) >= 11 is 0. The number of benzene rings is 1. The van der Waals surface area contributed by atoms with Crippen molar-refractivity contribution in [3.05, 3.63) is 83.7 Å². The van der Waals surface area contributed by atoms with E-state index in [4.69, 9.17) is 4.98 Å². The summed E-state index contributed by atoms with van der Waals surface area (Å²) in [5.41, 5.74) is 3.69. The van der Waals surface area contributed by atoms with E-state index in [2.05, 4.69) is 28.3 Å². The van der Waals surface area contributed by atoms with Crippen LogP contribution >= 0.6 is 0 Å². The van der Waals surface area contributed by atoms with Crippen LogP contribution in [-0.4, -0.2) is 30.5 Å². The van der Waals surface area contributed by atoms with Gasteiger partial charge in [0.25, 0.3) is 0 Å². The zero-order chi connectivity index (χ0) is 24.8. The maximum absolute atomic E-state index is 13.5. The van der Waals surface area contributed by atoms with Gasteiger partial charge < -0.3 is 5.11 Å². The number of halogens is 1. The van der Waals surface area contributed by atoms with Crippen LogP contribution in [0, 0.1) is 23.1 Å². The minimum atomic E-state index is -0.942. The Hall–Kier alpha value is -3.63. The Labute approximate surface area is 209 Å². The van der Waals surface area contributed by atoms with Crippen molar-refractivity contribution in [1.82, 2.24) is 19.7 Å². The first kappa shape index (κ1) is 22.8. The zero-order valence-electron chi connectivity index (χ0n) is 20.1. The fourth-order valence-corrected chi connectivity index (χ4v) is 6.51. The lowest BCUT2D eigenvalue weighted by Crippen LogP contribution is -2.49. The fraction of sp³-hybridized carbons (Fsp3) is 0.379. The quantitative estimate of drug-likeness (QED) is 0.432. The van der Waals surface area contributed by atoms with Crippen LogP contribution in [0.2, 0.25) is 0 Å². The third-order valence-electron chi connectivity index (χ3n) is 8.27. The molecule has 36 heavy (non-hydrogen) atoms. The Bertz CT molecular complexity index is 1440. The monoisotopic (exact) mass is 481 g/mol. The van der Waals surface area contributed by atoms with E-state index in [-0.39, 0.29) is 23.6 Å². The third kappa shape index (κ3) is 3.86. The first-order chi connectivity index (χ1) is 17.5. The van der Waals surface area contributed by atoms with Gasteiger partial charge in [0.05, 0.1) is 30.0 Å². The molecule has 0 unspecified atom stereocenters. The van der Waals surface area contributed by atoms with Crippen molar-refractivity contribution in [2.45, 2.75) is 62.4 Å². The first-order valence-corrected chi connectivity index (χ1v) is 12.6. The van der Waals surface area contributed by atoms with Crippen LogP contribution in [-0.2, 0) is 18.3 Å². The van der Waals surface area contributed by atoms with E-state index < -0.39 is 5.60 Å². The summed E-state index contributed by atoms with van der Waals surface area (Å²) in [6.07, 6.45) is 9.35. The summed E-state index contributed by atoms with van der Waals surface area (Å²) in [6, 6.07) is 16.8. The number of aryl methyl sites for hydroxylation is 1. The predicted octanol–water partition coefficient (Wildman–Crippen LogP) is 5.22. The number of pyridine rings is 2. The molecule has 1 N–H and O–H groups in total. The van der Waals surface area contributed by atoms with Gasteiger partial charge >= 0.3 is 0 Å². The second-order valence-electron chi connectivity index (χ2n) is 10.4. The van der Waals surface area contributed by atoms with Crippen molar-refractivity contribution in [2.75, 3.05) is 0 Å². The van der Waals surface area contributed by atoms with Gasteiger partial charge in [-0.3, -0.25) is 4.98 Å². The van der Waals surface area contributed by atoms with Gasteiger partial charge in [-0.05, 0) is 98.9 Å². The van der Waals surface area contributed by atoms with E-state index in [0.717, 1.165) is 60.2 Å². The lowest BCUT2D eigenvalue weighted by atomic mass is 9.56. The van der Waals surface area contributed by atoms with Gasteiger partial charge in [-0.25, -0.2) is 14.1 Å². The Kier molecular flexibility index (Phi) is 5.57. The van der Waals surface area contributed by atoms with Crippen molar-refractivity contribution >= 4 is 11.0 Å². The molecule has 0 bridgehead atoms. The van der Waals surface area contributed by atoms with Crippen molar-refractivity contribution in [3.8, 4) is 11.8 Å². The molecule has 4 aromatic rings. The lowest BCUT2D eigenvalue weighted by molar-refractivity contribution is -0.0439. The van der Waals surface area contributed by atoms with Crippen LogP contribution in [0.25, 0.3) is 16.7 Å². The van der Waals surface area contributed by atoms with Crippen molar-refractivity contribution in [1.29, 1.82) is 5.26 Å². The molecule has 1 saturated carbocycles. The maximum atomic E-state index is 13.5. The van der Waals surface area contributed by atoms with E-state index >= 15 is 0 Å². The predicted molar refractivity (Wildman–Crippen MR) is 134 cm³/mol. The molecule has 0 amide bonds. The number of rotatable bonds is 4. The molecule has 6 rings (SSSR count). The van der Waals surface area contributed by atoms with E-state index in [1.165, 1.54) is 17.7 Å². The molecule has 3 aromatic heterocycles. The fourth-order valence-electron chi connectivity index (χ4n) is 6.51. The number of aromatic nitrogens is 4. The normalized spacial score (nSPS) is 25.5. The van der Waals surface area contributed by atoms with Gasteiger partial charge in [-0.15, -0.1) is 0 Å². The van der Waals surface area contributed by atoms with Gasteiger partial charge in [0.15, 0.2) is 5.65 Å². The number of nitrogens with zero attached hydrogens (tertiary/aromatic N) is 5. The topological polar surface area (TPSA) is 87.6 Å². The molecular weight excluding hydrogens is 453 g/mol. The lowest BCUT2D eigenvalue weighted by Gasteiger charge is -2.49. The Morgan fingerprint density at radius 2 is 2.03 bits per heavy atom. The highest BCUT2D eigenvalue weighted by Gasteiger charge is 2.51. The maximum Gasteiger partial charge on any atom is 0.163 e. The van der Waals surface area contributed by atoms with Crippen molar-refractivity contribution in [3.63, 3.8) is 0 Å². The van der Waals surface area contributed by atoms with Gasteiger partial charge in [-0.1, -0.05) is 6.07 Å². The average molecular weight is 482 g/mol. The molecule has 3 heterocycles. The van der Waals surface area contributed by atoms with Gasteiger partial charge in [0.1, 0.15) is 5.82 Å². The zero-order valence-corrected chi connectivity index (χ0v) is 20.1. The van der Waals surface area contributed by atoms with E-state index in [1.807, 2.05) is 24.5 Å². The van der Waals surface area contributed by atoms with Crippen molar-refractivity contribution in [2.24, 2.45) is 5.92 Å². The van der Waals surface area contributed by atoms with Crippen LogP contribution in [0.5, 0.6) is 0 Å². The molecule has 3 atom stereocenters. The van der Waals surface area contributed by atoms with E-state index in [9.17, 15) is 14.8 Å². The number of aliphatic hydroxyl groups is 1. The molecule has 2 aliphatic carbocycles. The highest BCUT2D eigenvalue weighted by molar-refractivity contribution is 5.78. The minimum absolute atomic E-state index is 0.164. The van der Waals surface area contributed by atoms with Gasteiger partial charge in [0, 0.05) is 28.4 Å². The standard InChI is InChI=1S/C29H28FN5O/c30-22-7-9-24(10-8-22)35-27-20(19-33-35)16-25-26(34-27)6-3-4-21-17-28(36,13-14-31)11-12-29(21,25)18-23-5-1-2-15-32-23/h1-2,5,7-10,15-16,19,21,36H,3-4,6,11-13,17-18H2/t21-,28-,29-/m0/s1. The summed E-state index contributed by atoms with van der Waals surface area (Å²) in [7, 11) is 0. The summed E-state index contributed by atoms with van der Waals surface area (Å²) in [4.78, 5) is 9.82.